The Labute approximate surface area is 174 Å². The number of Topliss-reactive ketones (excluding diaryl/α,β-unsaturated/α-hetero) is 1. The largest absolute Gasteiger partial charge is 0.485 e. The van der Waals surface area contributed by atoms with Crippen molar-refractivity contribution in [2.24, 2.45) is 0 Å². The standard InChI is InChI=1S/C22H24FNO4S/c1-13(25)15-7-10-18-17(11-15)19(20(27-12-29-4)22(2,3)28-18)24-21(26)14-5-8-16(23)9-6-14/h5-11,19-20H,12H2,1-4H3,(H,24,26)/t19-,20+/m0/s1. The van der Waals surface area contributed by atoms with Gasteiger partial charge in [-0.15, -0.1) is 11.8 Å². The van der Waals surface area contributed by atoms with Gasteiger partial charge in [0.25, 0.3) is 5.91 Å². The number of carbonyl (C=O) groups is 2. The first-order valence-electron chi connectivity index (χ1n) is 9.24. The summed E-state index contributed by atoms with van der Waals surface area (Å²) in [6.45, 7) is 5.29. The number of amides is 1. The van der Waals surface area contributed by atoms with Crippen LogP contribution in [-0.4, -0.2) is 35.6 Å². The second-order valence-electron chi connectivity index (χ2n) is 7.47. The van der Waals surface area contributed by atoms with Crippen molar-refractivity contribution in [1.29, 1.82) is 0 Å². The summed E-state index contributed by atoms with van der Waals surface area (Å²) in [7, 11) is 0. The smallest absolute Gasteiger partial charge is 0.251 e. The van der Waals surface area contributed by atoms with Crippen molar-refractivity contribution in [3.8, 4) is 5.75 Å². The van der Waals surface area contributed by atoms with Crippen LogP contribution in [0.2, 0.25) is 0 Å². The van der Waals surface area contributed by atoms with Crippen molar-refractivity contribution in [3.05, 3.63) is 65.0 Å². The molecule has 29 heavy (non-hydrogen) atoms. The number of ketones is 1. The minimum Gasteiger partial charge on any atom is -0.485 e. The lowest BCUT2D eigenvalue weighted by atomic mass is 9.85. The van der Waals surface area contributed by atoms with E-state index in [9.17, 15) is 14.0 Å². The highest BCUT2D eigenvalue weighted by Crippen LogP contribution is 2.42. The molecule has 1 amide bonds. The molecule has 1 N–H and O–H groups in total. The molecule has 0 saturated carbocycles. The van der Waals surface area contributed by atoms with Crippen molar-refractivity contribution < 1.29 is 23.5 Å². The Morgan fingerprint density at radius 1 is 1.17 bits per heavy atom. The van der Waals surface area contributed by atoms with Crippen LogP contribution in [0.5, 0.6) is 5.75 Å². The first-order valence-corrected chi connectivity index (χ1v) is 10.6. The van der Waals surface area contributed by atoms with Crippen LogP contribution in [0.3, 0.4) is 0 Å². The molecule has 5 nitrogen and oxygen atoms in total. The predicted octanol–water partition coefficient (Wildman–Crippen LogP) is 4.38. The molecule has 1 aliphatic rings. The molecule has 3 rings (SSSR count). The average molecular weight is 418 g/mol. The van der Waals surface area contributed by atoms with Gasteiger partial charge in [0.2, 0.25) is 0 Å². The predicted molar refractivity (Wildman–Crippen MR) is 111 cm³/mol. The van der Waals surface area contributed by atoms with Gasteiger partial charge in [-0.3, -0.25) is 9.59 Å². The molecular weight excluding hydrogens is 393 g/mol. The Morgan fingerprint density at radius 3 is 2.45 bits per heavy atom. The molecule has 0 bridgehead atoms. The van der Waals surface area contributed by atoms with Gasteiger partial charge in [-0.1, -0.05) is 0 Å². The van der Waals surface area contributed by atoms with E-state index >= 15 is 0 Å². The summed E-state index contributed by atoms with van der Waals surface area (Å²) in [5.41, 5.74) is 0.820. The van der Waals surface area contributed by atoms with Gasteiger partial charge < -0.3 is 14.8 Å². The summed E-state index contributed by atoms with van der Waals surface area (Å²) in [5.74, 6) is 0.162. The maximum Gasteiger partial charge on any atom is 0.251 e. The molecule has 154 valence electrons. The lowest BCUT2D eigenvalue weighted by Crippen LogP contribution is -2.54. The number of hydrogen-bond acceptors (Lipinski definition) is 5. The summed E-state index contributed by atoms with van der Waals surface area (Å²) in [4.78, 5) is 24.8. The maximum atomic E-state index is 13.2. The zero-order valence-electron chi connectivity index (χ0n) is 16.8. The van der Waals surface area contributed by atoms with E-state index in [0.717, 1.165) is 0 Å². The molecule has 7 heteroatoms. The maximum absolute atomic E-state index is 13.2. The van der Waals surface area contributed by atoms with Crippen molar-refractivity contribution >= 4 is 23.5 Å². The van der Waals surface area contributed by atoms with Gasteiger partial charge in [-0.05, 0) is 69.5 Å². The molecule has 0 unspecified atom stereocenters. The number of nitrogens with one attached hydrogen (secondary N) is 1. The molecule has 2 atom stereocenters. The van der Waals surface area contributed by atoms with Crippen molar-refractivity contribution in [3.63, 3.8) is 0 Å². The third kappa shape index (κ3) is 4.62. The fourth-order valence-electron chi connectivity index (χ4n) is 3.43. The van der Waals surface area contributed by atoms with Crippen LogP contribution in [0.15, 0.2) is 42.5 Å². The minimum absolute atomic E-state index is 0.0807. The van der Waals surface area contributed by atoms with Crippen LogP contribution in [0.4, 0.5) is 4.39 Å². The van der Waals surface area contributed by atoms with E-state index in [-0.39, 0.29) is 11.7 Å². The Morgan fingerprint density at radius 2 is 1.83 bits per heavy atom. The van der Waals surface area contributed by atoms with Crippen LogP contribution in [0.25, 0.3) is 0 Å². The quantitative estimate of drug-likeness (QED) is 0.558. The number of halogens is 1. The molecule has 0 radical (unpaired) electrons. The molecular formula is C22H24FNO4S. The van der Waals surface area contributed by atoms with E-state index < -0.39 is 23.6 Å². The van der Waals surface area contributed by atoms with Gasteiger partial charge in [-0.25, -0.2) is 4.39 Å². The highest BCUT2D eigenvalue weighted by molar-refractivity contribution is 7.98. The second-order valence-corrected chi connectivity index (χ2v) is 8.28. The van der Waals surface area contributed by atoms with E-state index in [0.29, 0.717) is 28.4 Å². The Hall–Kier alpha value is -2.38. The van der Waals surface area contributed by atoms with Gasteiger partial charge in [-0.2, -0.15) is 0 Å². The Kier molecular flexibility index (Phi) is 6.29. The monoisotopic (exact) mass is 417 g/mol. The molecule has 0 fully saturated rings. The third-order valence-corrected chi connectivity index (χ3v) is 5.24. The molecule has 2 aromatic rings. The molecule has 1 heterocycles. The second kappa shape index (κ2) is 8.55. The molecule has 0 aromatic heterocycles. The first kappa shape index (κ1) is 21.3. The fraction of sp³-hybridized carbons (Fsp3) is 0.364. The normalized spacial score (nSPS) is 19.8. The zero-order chi connectivity index (χ0) is 21.2. The number of ether oxygens (including phenoxy) is 2. The number of carbonyl (C=O) groups excluding carboxylic acids is 2. The van der Waals surface area contributed by atoms with Crippen molar-refractivity contribution in [2.45, 2.75) is 38.5 Å². The number of thioether (sulfide) groups is 1. The summed E-state index contributed by atoms with van der Waals surface area (Å²) < 4.78 is 25.4. The summed E-state index contributed by atoms with van der Waals surface area (Å²) in [6, 6.07) is 9.99. The lowest BCUT2D eigenvalue weighted by Gasteiger charge is -2.44. The number of hydrogen-bond donors (Lipinski definition) is 1. The molecule has 0 aliphatic carbocycles. The van der Waals surface area contributed by atoms with E-state index in [1.807, 2.05) is 20.1 Å². The van der Waals surface area contributed by atoms with Gasteiger partial charge in [0.05, 0.1) is 12.0 Å². The van der Waals surface area contributed by atoms with Crippen molar-refractivity contribution in [2.75, 3.05) is 12.2 Å². The van der Waals surface area contributed by atoms with E-state index in [1.54, 1.807) is 18.2 Å². The van der Waals surface area contributed by atoms with Gasteiger partial charge >= 0.3 is 0 Å². The molecule has 0 spiro atoms. The number of fused-ring (bicyclic) bond motifs is 1. The van der Waals surface area contributed by atoms with E-state index in [4.69, 9.17) is 9.47 Å². The average Bonchev–Trinajstić information content (AvgIpc) is 2.67. The number of rotatable bonds is 6. The molecule has 0 saturated heterocycles. The topological polar surface area (TPSA) is 64.6 Å². The fourth-order valence-corrected chi connectivity index (χ4v) is 3.71. The summed E-state index contributed by atoms with van der Waals surface area (Å²) in [6.07, 6.45) is 1.43. The van der Waals surface area contributed by atoms with Gasteiger partial charge in [0.15, 0.2) is 5.78 Å². The highest BCUT2D eigenvalue weighted by atomic mass is 32.2. The van der Waals surface area contributed by atoms with E-state index in [2.05, 4.69) is 5.32 Å². The van der Waals surface area contributed by atoms with Gasteiger partial charge in [0.1, 0.15) is 23.3 Å². The summed E-state index contributed by atoms with van der Waals surface area (Å²) >= 11 is 1.52. The Bertz CT molecular complexity index is 914. The van der Waals surface area contributed by atoms with E-state index in [1.165, 1.54) is 43.0 Å². The van der Waals surface area contributed by atoms with Crippen LogP contribution in [-0.2, 0) is 4.74 Å². The zero-order valence-corrected chi connectivity index (χ0v) is 17.6. The third-order valence-electron chi connectivity index (χ3n) is 4.87. The minimum atomic E-state index is -0.721. The Balaban J connectivity index is 2.02. The SMILES string of the molecule is CSCO[C@@H]1[C@@H](NC(=O)c2ccc(F)cc2)c2cc(C(C)=O)ccc2OC1(C)C. The van der Waals surface area contributed by atoms with Crippen LogP contribution in [0.1, 0.15) is 53.1 Å². The molecule has 2 aromatic carbocycles. The van der Waals surface area contributed by atoms with Crippen LogP contribution < -0.4 is 10.1 Å². The highest BCUT2D eigenvalue weighted by Gasteiger charge is 2.45. The first-order chi connectivity index (χ1) is 13.7. The summed E-state index contributed by atoms with van der Waals surface area (Å²) in [5, 5.41) is 3.00. The van der Waals surface area contributed by atoms with Gasteiger partial charge in [0, 0.05) is 16.7 Å². The van der Waals surface area contributed by atoms with Crippen LogP contribution >= 0.6 is 11.8 Å². The lowest BCUT2D eigenvalue weighted by molar-refractivity contribution is -0.0891. The van der Waals surface area contributed by atoms with Crippen molar-refractivity contribution in [1.82, 2.24) is 5.32 Å². The molecule has 1 aliphatic heterocycles. The number of benzene rings is 2. The van der Waals surface area contributed by atoms with Crippen LogP contribution in [0, 0.1) is 5.82 Å².